The highest BCUT2D eigenvalue weighted by atomic mass is 32.2. The van der Waals surface area contributed by atoms with Crippen molar-refractivity contribution in [1.29, 1.82) is 0 Å². The second-order valence-corrected chi connectivity index (χ2v) is 5.27. The smallest absolute Gasteiger partial charge is 0.139 e. The van der Waals surface area contributed by atoms with Gasteiger partial charge in [0.15, 0.2) is 0 Å². The second-order valence-electron chi connectivity index (χ2n) is 3.77. The van der Waals surface area contributed by atoms with Gasteiger partial charge in [-0.3, -0.25) is 4.21 Å². The molecule has 0 bridgehead atoms. The standard InChI is InChI=1S/C9H16N4OS/c1-2-13-9(11-7-12-13)6-15(14)5-8-3-10-4-8/h7-8,10H,2-6H2,1H3. The van der Waals surface area contributed by atoms with Crippen molar-refractivity contribution in [3.05, 3.63) is 12.2 Å². The third-order valence-corrected chi connectivity index (χ3v) is 4.00. The molecule has 1 aromatic rings. The van der Waals surface area contributed by atoms with Crippen LogP contribution in [0, 0.1) is 5.92 Å². The zero-order chi connectivity index (χ0) is 10.7. The fraction of sp³-hybridized carbons (Fsp3) is 0.778. The maximum absolute atomic E-state index is 11.8. The highest BCUT2D eigenvalue weighted by Crippen LogP contribution is 2.08. The lowest BCUT2D eigenvalue weighted by Gasteiger charge is -2.26. The first-order chi connectivity index (χ1) is 7.29. The van der Waals surface area contributed by atoms with Gasteiger partial charge in [0.25, 0.3) is 0 Å². The average Bonchev–Trinajstić information content (AvgIpc) is 2.59. The molecule has 0 aliphatic carbocycles. The van der Waals surface area contributed by atoms with E-state index in [1.165, 1.54) is 6.33 Å². The van der Waals surface area contributed by atoms with Crippen LogP contribution in [0.15, 0.2) is 6.33 Å². The first-order valence-electron chi connectivity index (χ1n) is 5.22. The maximum Gasteiger partial charge on any atom is 0.139 e. The Balaban J connectivity index is 1.87. The maximum atomic E-state index is 11.8. The van der Waals surface area contributed by atoms with E-state index in [0.29, 0.717) is 11.7 Å². The van der Waals surface area contributed by atoms with Gasteiger partial charge in [-0.05, 0) is 12.8 Å². The van der Waals surface area contributed by atoms with Crippen molar-refractivity contribution in [3.63, 3.8) is 0 Å². The number of aryl methyl sites for hydroxylation is 1. The molecule has 0 amide bonds. The predicted octanol–water partition coefficient (Wildman–Crippen LogP) is -0.234. The van der Waals surface area contributed by atoms with Gasteiger partial charge in [0.2, 0.25) is 0 Å². The topological polar surface area (TPSA) is 59.8 Å². The van der Waals surface area contributed by atoms with E-state index in [-0.39, 0.29) is 0 Å². The van der Waals surface area contributed by atoms with Crippen LogP contribution in [-0.4, -0.2) is 37.8 Å². The molecular weight excluding hydrogens is 212 g/mol. The Kier molecular flexibility index (Phi) is 3.48. The lowest BCUT2D eigenvalue weighted by Crippen LogP contribution is -2.44. The SMILES string of the molecule is CCn1ncnc1CS(=O)CC1CNC1. The monoisotopic (exact) mass is 228 g/mol. The minimum Gasteiger partial charge on any atom is -0.316 e. The molecule has 1 atom stereocenters. The summed E-state index contributed by atoms with van der Waals surface area (Å²) < 4.78 is 13.6. The molecule has 1 aliphatic heterocycles. The number of hydrogen-bond acceptors (Lipinski definition) is 4. The summed E-state index contributed by atoms with van der Waals surface area (Å²) in [7, 11) is -0.803. The molecule has 1 unspecified atom stereocenters. The third-order valence-electron chi connectivity index (χ3n) is 2.57. The van der Waals surface area contributed by atoms with Crippen LogP contribution in [0.2, 0.25) is 0 Å². The summed E-state index contributed by atoms with van der Waals surface area (Å²) in [6.45, 7) is 4.81. The fourth-order valence-corrected chi connectivity index (χ4v) is 2.99. The number of hydrogen-bond donors (Lipinski definition) is 1. The summed E-state index contributed by atoms with van der Waals surface area (Å²) in [5.41, 5.74) is 0. The highest BCUT2D eigenvalue weighted by Gasteiger charge is 2.20. The van der Waals surface area contributed by atoms with Gasteiger partial charge in [0.1, 0.15) is 12.2 Å². The fourth-order valence-electron chi connectivity index (χ4n) is 1.60. The minimum atomic E-state index is -0.803. The molecule has 1 saturated heterocycles. The van der Waals surface area contributed by atoms with E-state index in [0.717, 1.165) is 31.2 Å². The van der Waals surface area contributed by atoms with Crippen molar-refractivity contribution in [2.24, 2.45) is 5.92 Å². The van der Waals surface area contributed by atoms with Gasteiger partial charge < -0.3 is 5.32 Å². The van der Waals surface area contributed by atoms with Crippen molar-refractivity contribution in [2.45, 2.75) is 19.2 Å². The first-order valence-corrected chi connectivity index (χ1v) is 6.70. The zero-order valence-corrected chi connectivity index (χ0v) is 9.66. The Morgan fingerprint density at radius 2 is 2.47 bits per heavy atom. The van der Waals surface area contributed by atoms with E-state index < -0.39 is 10.8 Å². The predicted molar refractivity (Wildman–Crippen MR) is 58.8 cm³/mol. The zero-order valence-electron chi connectivity index (χ0n) is 8.85. The quantitative estimate of drug-likeness (QED) is 0.756. The van der Waals surface area contributed by atoms with Crippen molar-refractivity contribution >= 4 is 10.8 Å². The van der Waals surface area contributed by atoms with E-state index in [9.17, 15) is 4.21 Å². The first kappa shape index (κ1) is 10.8. The molecule has 1 N–H and O–H groups in total. The number of nitrogens with one attached hydrogen (secondary N) is 1. The third kappa shape index (κ3) is 2.63. The van der Waals surface area contributed by atoms with E-state index in [1.54, 1.807) is 4.68 Å². The number of aromatic nitrogens is 3. The lowest BCUT2D eigenvalue weighted by molar-refractivity contribution is 0.382. The van der Waals surface area contributed by atoms with Crippen LogP contribution in [-0.2, 0) is 23.1 Å². The summed E-state index contributed by atoms with van der Waals surface area (Å²) in [6, 6.07) is 0. The van der Waals surface area contributed by atoms with Crippen LogP contribution >= 0.6 is 0 Å². The summed E-state index contributed by atoms with van der Waals surface area (Å²) >= 11 is 0. The van der Waals surface area contributed by atoms with Crippen LogP contribution in [0.4, 0.5) is 0 Å². The van der Waals surface area contributed by atoms with Crippen LogP contribution in [0.3, 0.4) is 0 Å². The number of nitrogens with zero attached hydrogens (tertiary/aromatic N) is 3. The molecule has 0 saturated carbocycles. The van der Waals surface area contributed by atoms with E-state index in [1.807, 2.05) is 6.92 Å². The van der Waals surface area contributed by atoms with Crippen LogP contribution in [0.25, 0.3) is 0 Å². The molecule has 1 aromatic heterocycles. The van der Waals surface area contributed by atoms with E-state index in [2.05, 4.69) is 15.4 Å². The Hall–Kier alpha value is -0.750. The molecular formula is C9H16N4OS. The Morgan fingerprint density at radius 1 is 1.67 bits per heavy atom. The molecule has 0 spiro atoms. The van der Waals surface area contributed by atoms with Crippen molar-refractivity contribution in [3.8, 4) is 0 Å². The van der Waals surface area contributed by atoms with Gasteiger partial charge in [-0.2, -0.15) is 5.10 Å². The van der Waals surface area contributed by atoms with Crippen molar-refractivity contribution in [2.75, 3.05) is 18.8 Å². The van der Waals surface area contributed by atoms with Gasteiger partial charge in [0, 0.05) is 36.2 Å². The van der Waals surface area contributed by atoms with E-state index >= 15 is 0 Å². The Labute approximate surface area is 91.7 Å². The molecule has 1 aliphatic rings. The molecule has 0 radical (unpaired) electrons. The summed E-state index contributed by atoms with van der Waals surface area (Å²) in [6.07, 6.45) is 1.53. The molecule has 1 fully saturated rings. The van der Waals surface area contributed by atoms with Gasteiger partial charge in [0.05, 0.1) is 5.75 Å². The van der Waals surface area contributed by atoms with Gasteiger partial charge in [-0.15, -0.1) is 0 Å². The summed E-state index contributed by atoms with van der Waals surface area (Å²) in [5, 5.41) is 7.24. The van der Waals surface area contributed by atoms with Crippen LogP contribution < -0.4 is 5.32 Å². The van der Waals surface area contributed by atoms with Crippen LogP contribution in [0.1, 0.15) is 12.7 Å². The second kappa shape index (κ2) is 4.85. The van der Waals surface area contributed by atoms with E-state index in [4.69, 9.17) is 0 Å². The Morgan fingerprint density at radius 3 is 3.07 bits per heavy atom. The lowest BCUT2D eigenvalue weighted by atomic mass is 10.1. The van der Waals surface area contributed by atoms with Crippen molar-refractivity contribution in [1.82, 2.24) is 20.1 Å². The molecule has 15 heavy (non-hydrogen) atoms. The molecule has 5 nitrogen and oxygen atoms in total. The van der Waals surface area contributed by atoms with Gasteiger partial charge in [-0.25, -0.2) is 9.67 Å². The van der Waals surface area contributed by atoms with Crippen LogP contribution in [0.5, 0.6) is 0 Å². The van der Waals surface area contributed by atoms with Crippen molar-refractivity contribution < 1.29 is 4.21 Å². The van der Waals surface area contributed by atoms with Gasteiger partial charge in [-0.1, -0.05) is 0 Å². The molecule has 2 rings (SSSR count). The average molecular weight is 228 g/mol. The summed E-state index contributed by atoms with van der Waals surface area (Å²) in [5.74, 6) is 2.74. The highest BCUT2D eigenvalue weighted by molar-refractivity contribution is 7.84. The number of rotatable bonds is 5. The Bertz CT molecular complexity index is 348. The molecule has 84 valence electrons. The molecule has 6 heteroatoms. The minimum absolute atomic E-state index is 0.532. The largest absolute Gasteiger partial charge is 0.316 e. The molecule has 2 heterocycles. The normalized spacial score (nSPS) is 18.7. The molecule has 0 aromatic carbocycles. The summed E-state index contributed by atoms with van der Waals surface area (Å²) in [4.78, 5) is 4.12. The van der Waals surface area contributed by atoms with Gasteiger partial charge >= 0.3 is 0 Å².